The zero-order chi connectivity index (χ0) is 14.4. The molecule has 3 aromatic carbocycles. The minimum Gasteiger partial charge on any atom is -0.377 e. The molecule has 0 fully saturated rings. The predicted molar refractivity (Wildman–Crippen MR) is 89.9 cm³/mol. The second kappa shape index (κ2) is 4.63. The third-order valence-electron chi connectivity index (χ3n) is 4.57. The summed E-state index contributed by atoms with van der Waals surface area (Å²) in [6.07, 6.45) is 1.07. The van der Waals surface area contributed by atoms with Gasteiger partial charge in [-0.3, -0.25) is 0 Å². The maximum Gasteiger partial charge on any atom is 0.0557 e. The third kappa shape index (κ3) is 2.01. The molecule has 1 unspecified atom stereocenters. The Balaban J connectivity index is 1.80. The molecule has 1 aliphatic rings. The van der Waals surface area contributed by atoms with Gasteiger partial charge in [-0.05, 0) is 42.3 Å². The summed E-state index contributed by atoms with van der Waals surface area (Å²) in [5.41, 5.74) is 6.88. The molecular formula is C20H19N. The lowest BCUT2D eigenvalue weighted by Gasteiger charge is -2.16. The molecule has 1 atom stereocenters. The largest absolute Gasteiger partial charge is 0.377 e. The maximum absolute atomic E-state index is 3.76. The van der Waals surface area contributed by atoms with Crippen molar-refractivity contribution in [2.75, 3.05) is 5.32 Å². The van der Waals surface area contributed by atoms with Crippen LogP contribution in [0.15, 0.2) is 54.6 Å². The summed E-state index contributed by atoms with van der Waals surface area (Å²) in [6.45, 7) is 4.37. The Labute approximate surface area is 125 Å². The van der Waals surface area contributed by atoms with E-state index in [0.717, 1.165) is 6.42 Å². The van der Waals surface area contributed by atoms with Crippen molar-refractivity contribution >= 4 is 16.5 Å². The van der Waals surface area contributed by atoms with Gasteiger partial charge < -0.3 is 5.32 Å². The molecule has 0 radical (unpaired) electrons. The van der Waals surface area contributed by atoms with Gasteiger partial charge in [0.15, 0.2) is 0 Å². The van der Waals surface area contributed by atoms with E-state index in [2.05, 4.69) is 73.8 Å². The number of anilines is 1. The van der Waals surface area contributed by atoms with Crippen LogP contribution in [0, 0.1) is 13.8 Å². The van der Waals surface area contributed by atoms with Crippen molar-refractivity contribution in [3.05, 3.63) is 76.9 Å². The van der Waals surface area contributed by atoms with E-state index >= 15 is 0 Å². The van der Waals surface area contributed by atoms with Crippen LogP contribution in [0.25, 0.3) is 10.8 Å². The Kier molecular flexibility index (Phi) is 2.75. The molecule has 0 spiro atoms. The second-order valence-corrected chi connectivity index (χ2v) is 6.08. The molecule has 21 heavy (non-hydrogen) atoms. The van der Waals surface area contributed by atoms with E-state index in [-0.39, 0.29) is 0 Å². The summed E-state index contributed by atoms with van der Waals surface area (Å²) in [4.78, 5) is 0. The van der Waals surface area contributed by atoms with E-state index in [4.69, 9.17) is 0 Å². The molecule has 1 aliphatic heterocycles. The number of nitrogens with one attached hydrogen (secondary N) is 1. The SMILES string of the molecule is Cc1ccc(C)c(C2Cc3ccc4ccccc4c3N2)c1. The first-order chi connectivity index (χ1) is 10.2. The smallest absolute Gasteiger partial charge is 0.0557 e. The van der Waals surface area contributed by atoms with E-state index in [1.54, 1.807) is 0 Å². The predicted octanol–water partition coefficient (Wildman–Crippen LogP) is 5.17. The van der Waals surface area contributed by atoms with Crippen molar-refractivity contribution in [2.45, 2.75) is 26.3 Å². The average molecular weight is 273 g/mol. The van der Waals surface area contributed by atoms with Crippen molar-refractivity contribution in [3.8, 4) is 0 Å². The van der Waals surface area contributed by atoms with Crippen LogP contribution in [-0.4, -0.2) is 0 Å². The van der Waals surface area contributed by atoms with Crippen molar-refractivity contribution in [1.29, 1.82) is 0 Å². The monoisotopic (exact) mass is 273 g/mol. The Hall–Kier alpha value is -2.28. The van der Waals surface area contributed by atoms with E-state index in [0.29, 0.717) is 6.04 Å². The molecule has 1 nitrogen and oxygen atoms in total. The number of aryl methyl sites for hydroxylation is 2. The summed E-state index contributed by atoms with van der Waals surface area (Å²) in [5, 5.41) is 6.41. The van der Waals surface area contributed by atoms with E-state index < -0.39 is 0 Å². The van der Waals surface area contributed by atoms with Crippen LogP contribution >= 0.6 is 0 Å². The van der Waals surface area contributed by atoms with E-state index in [1.807, 2.05) is 0 Å². The van der Waals surface area contributed by atoms with Gasteiger partial charge in [0.2, 0.25) is 0 Å². The van der Waals surface area contributed by atoms with Crippen molar-refractivity contribution in [3.63, 3.8) is 0 Å². The number of fused-ring (bicyclic) bond motifs is 3. The number of rotatable bonds is 1. The molecule has 0 bridgehead atoms. The number of hydrogen-bond acceptors (Lipinski definition) is 1. The molecule has 4 rings (SSSR count). The van der Waals surface area contributed by atoms with Gasteiger partial charge in [-0.1, -0.05) is 60.2 Å². The van der Waals surface area contributed by atoms with Crippen LogP contribution in [0.2, 0.25) is 0 Å². The summed E-state index contributed by atoms with van der Waals surface area (Å²) in [6, 6.07) is 20.3. The highest BCUT2D eigenvalue weighted by molar-refractivity contribution is 5.96. The third-order valence-corrected chi connectivity index (χ3v) is 4.57. The minimum absolute atomic E-state index is 0.394. The summed E-state index contributed by atoms with van der Waals surface area (Å²) < 4.78 is 0. The highest BCUT2D eigenvalue weighted by Crippen LogP contribution is 2.39. The van der Waals surface area contributed by atoms with Crippen molar-refractivity contribution in [2.24, 2.45) is 0 Å². The fraction of sp³-hybridized carbons (Fsp3) is 0.200. The van der Waals surface area contributed by atoms with E-state index in [9.17, 15) is 0 Å². The molecule has 3 aromatic rings. The van der Waals surface area contributed by atoms with Gasteiger partial charge in [0.25, 0.3) is 0 Å². The quantitative estimate of drug-likeness (QED) is 0.645. The first kappa shape index (κ1) is 12.5. The lowest BCUT2D eigenvalue weighted by atomic mass is 9.96. The molecule has 0 aromatic heterocycles. The van der Waals surface area contributed by atoms with Crippen molar-refractivity contribution in [1.82, 2.24) is 0 Å². The van der Waals surface area contributed by atoms with Gasteiger partial charge in [-0.25, -0.2) is 0 Å². The Morgan fingerprint density at radius 1 is 0.952 bits per heavy atom. The molecule has 0 saturated heterocycles. The lowest BCUT2D eigenvalue weighted by molar-refractivity contribution is 0.815. The lowest BCUT2D eigenvalue weighted by Crippen LogP contribution is -2.07. The van der Waals surface area contributed by atoms with Gasteiger partial charge in [-0.15, -0.1) is 0 Å². The molecule has 104 valence electrons. The van der Waals surface area contributed by atoms with Crippen LogP contribution in [0.4, 0.5) is 5.69 Å². The summed E-state index contributed by atoms with van der Waals surface area (Å²) in [7, 11) is 0. The van der Waals surface area contributed by atoms with Gasteiger partial charge >= 0.3 is 0 Å². The van der Waals surface area contributed by atoms with Crippen LogP contribution < -0.4 is 5.32 Å². The van der Waals surface area contributed by atoms with Gasteiger partial charge in [0, 0.05) is 11.1 Å². The van der Waals surface area contributed by atoms with Crippen LogP contribution in [0.3, 0.4) is 0 Å². The topological polar surface area (TPSA) is 12.0 Å². The van der Waals surface area contributed by atoms with Crippen LogP contribution in [-0.2, 0) is 6.42 Å². The molecule has 1 heteroatoms. The highest BCUT2D eigenvalue weighted by Gasteiger charge is 2.24. The Morgan fingerprint density at radius 3 is 2.71 bits per heavy atom. The summed E-state index contributed by atoms with van der Waals surface area (Å²) >= 11 is 0. The first-order valence-electron chi connectivity index (χ1n) is 7.57. The zero-order valence-electron chi connectivity index (χ0n) is 12.5. The Bertz CT molecular complexity index is 832. The molecule has 0 amide bonds. The van der Waals surface area contributed by atoms with Crippen LogP contribution in [0.5, 0.6) is 0 Å². The average Bonchev–Trinajstić information content (AvgIpc) is 2.94. The standard InChI is InChI=1S/C20H19N/c1-13-7-8-14(2)18(11-13)19-12-16-10-9-15-5-3-4-6-17(15)20(16)21-19/h3-11,19,21H,12H2,1-2H3. The molecule has 0 aliphatic carbocycles. The Morgan fingerprint density at radius 2 is 1.81 bits per heavy atom. The highest BCUT2D eigenvalue weighted by atomic mass is 15.0. The van der Waals surface area contributed by atoms with Crippen LogP contribution in [0.1, 0.15) is 28.3 Å². The van der Waals surface area contributed by atoms with Crippen molar-refractivity contribution < 1.29 is 0 Å². The van der Waals surface area contributed by atoms with Gasteiger partial charge in [-0.2, -0.15) is 0 Å². The normalized spacial score (nSPS) is 16.8. The molecule has 0 saturated carbocycles. The molecule has 1 N–H and O–H groups in total. The van der Waals surface area contributed by atoms with Gasteiger partial charge in [0.1, 0.15) is 0 Å². The number of benzene rings is 3. The molecule has 1 heterocycles. The second-order valence-electron chi connectivity index (χ2n) is 6.08. The molecular weight excluding hydrogens is 254 g/mol. The minimum atomic E-state index is 0.394. The fourth-order valence-corrected chi connectivity index (χ4v) is 3.43. The van der Waals surface area contributed by atoms with E-state index in [1.165, 1.54) is 38.7 Å². The maximum atomic E-state index is 3.76. The zero-order valence-corrected chi connectivity index (χ0v) is 12.5. The first-order valence-corrected chi connectivity index (χ1v) is 7.57. The fourth-order valence-electron chi connectivity index (χ4n) is 3.43. The number of hydrogen-bond donors (Lipinski definition) is 1. The summed E-state index contributed by atoms with van der Waals surface area (Å²) in [5.74, 6) is 0. The van der Waals surface area contributed by atoms with Gasteiger partial charge in [0.05, 0.1) is 6.04 Å².